The fraction of sp³-hybridized carbons (Fsp3) is 0. The van der Waals surface area contributed by atoms with Gasteiger partial charge in [-0.2, -0.15) is 0 Å². The first kappa shape index (κ1) is 66.3. The molecule has 0 radical (unpaired) electrons. The Labute approximate surface area is 641 Å². The largest absolute Gasteiger partial charge is 0.265 e. The maximum absolute atomic E-state index is 5.33. The van der Waals surface area contributed by atoms with Crippen molar-refractivity contribution in [1.29, 1.82) is 0 Å². The molecule has 12 nitrogen and oxygen atoms in total. The first-order valence-electron chi connectivity index (χ1n) is 36.0. The molecule has 0 bridgehead atoms. The van der Waals surface area contributed by atoms with E-state index in [0.29, 0.717) is 34.9 Å². The van der Waals surface area contributed by atoms with Crippen LogP contribution in [0.25, 0.3) is 198 Å². The second-order valence-electron chi connectivity index (χ2n) is 26.3. The zero-order valence-electron chi connectivity index (χ0n) is 58.8. The zero-order valence-corrected chi connectivity index (χ0v) is 60.5. The first-order chi connectivity index (χ1) is 54.5. The van der Waals surface area contributed by atoms with Gasteiger partial charge in [0.25, 0.3) is 0 Å². The highest BCUT2D eigenvalue weighted by Gasteiger charge is 2.26. The van der Waals surface area contributed by atoms with Crippen LogP contribution in [0.1, 0.15) is 0 Å². The van der Waals surface area contributed by atoms with Crippen LogP contribution in [-0.2, 0) is 0 Å². The molecule has 20 rings (SSSR count). The molecule has 0 N–H and O–H groups in total. The van der Waals surface area contributed by atoms with Gasteiger partial charge in [0.1, 0.15) is 0 Å². The van der Waals surface area contributed by atoms with Crippen molar-refractivity contribution in [3.05, 3.63) is 365 Å². The van der Waals surface area contributed by atoms with Crippen molar-refractivity contribution in [3.63, 3.8) is 0 Å². The second-order valence-corrected chi connectivity index (χ2v) is 28.3. The summed E-state index contributed by atoms with van der Waals surface area (Å²) in [4.78, 5) is 60.6. The van der Waals surface area contributed by atoms with Crippen LogP contribution >= 0.6 is 22.7 Å². The van der Waals surface area contributed by atoms with E-state index in [2.05, 4.69) is 186 Å². The summed E-state index contributed by atoms with van der Waals surface area (Å²) >= 11 is 3.56. The summed E-state index contributed by atoms with van der Waals surface area (Å²) in [6, 6.07) is 112. The Hall–Kier alpha value is -14.4. The van der Waals surface area contributed by atoms with Crippen molar-refractivity contribution in [2.45, 2.75) is 0 Å². The van der Waals surface area contributed by atoms with E-state index >= 15 is 0 Å². The lowest BCUT2D eigenvalue weighted by atomic mass is 9.95. The third-order valence-electron chi connectivity index (χ3n) is 19.4. The quantitative estimate of drug-likeness (QED) is 0.102. The summed E-state index contributed by atoms with van der Waals surface area (Å²) in [5, 5.41) is 4.48. The van der Waals surface area contributed by atoms with Crippen molar-refractivity contribution < 1.29 is 0 Å². The number of nitrogens with zero attached hydrogens (tertiary/aromatic N) is 12. The van der Waals surface area contributed by atoms with Gasteiger partial charge in [-0.25, -0.2) is 39.9 Å². The van der Waals surface area contributed by atoms with E-state index in [1.807, 2.05) is 189 Å². The molecule has 0 saturated heterocycles. The number of aromatic nitrogens is 12. The third kappa shape index (κ3) is 13.1. The van der Waals surface area contributed by atoms with Crippen molar-refractivity contribution in [2.24, 2.45) is 0 Å². The number of rotatable bonds is 14. The van der Waals surface area contributed by atoms with Gasteiger partial charge in [-0.1, -0.05) is 261 Å². The van der Waals surface area contributed by atoms with Gasteiger partial charge in [0.2, 0.25) is 0 Å². The molecule has 20 aromatic rings. The Kier molecular flexibility index (Phi) is 17.8. The van der Waals surface area contributed by atoms with Crippen molar-refractivity contribution in [2.75, 3.05) is 0 Å². The standard InChI is InChI=1S/2C48H30N6S/c1-3-14-33(15-4-1)46-52-47(34-16-5-2-6-17-34)54-48(53-46)36-19-13-18-35(30-36)31-24-26-32(27-25-31)43-42-41(39-22-9-11-28-49-39)45(40-23-10-12-29-50-40)55-44(42)37-20-7-8-21-38(37)51-43;1-3-9-36(10-4-1)46-52-47(37-11-5-2-6-12-37)54-48(53-46)38-21-17-32(18-22-38)31-15-19-34(20-16-31)43-42-41(33-23-27-49-28-24-33)44(35-25-29-50-30-26-35)55-45(42)39-13-7-8-14-40(39)51-43/h2*1-30H. The molecule has 0 aliphatic rings. The Morgan fingerprint density at radius 1 is 0.200 bits per heavy atom. The molecule has 14 heteroatoms. The maximum Gasteiger partial charge on any atom is 0.164 e. The molecule has 10 aromatic carbocycles. The van der Waals surface area contributed by atoms with Gasteiger partial charge in [0.15, 0.2) is 34.9 Å². The number of para-hydroxylation sites is 2. The van der Waals surface area contributed by atoms with E-state index in [9.17, 15) is 0 Å². The first-order valence-corrected chi connectivity index (χ1v) is 37.7. The fourth-order valence-electron chi connectivity index (χ4n) is 14.1. The summed E-state index contributed by atoms with van der Waals surface area (Å²) in [7, 11) is 0. The van der Waals surface area contributed by atoms with E-state index in [-0.39, 0.29) is 0 Å². The van der Waals surface area contributed by atoms with Crippen LogP contribution in [0.2, 0.25) is 0 Å². The van der Waals surface area contributed by atoms with E-state index in [0.717, 1.165) is 149 Å². The van der Waals surface area contributed by atoms with Crippen LogP contribution < -0.4 is 0 Å². The van der Waals surface area contributed by atoms with E-state index in [4.69, 9.17) is 49.8 Å². The van der Waals surface area contributed by atoms with Crippen molar-refractivity contribution in [3.8, 4) is 156 Å². The van der Waals surface area contributed by atoms with E-state index < -0.39 is 0 Å². The fourth-order valence-corrected chi connectivity index (χ4v) is 16.8. The third-order valence-corrected chi connectivity index (χ3v) is 21.9. The number of benzene rings is 10. The highest BCUT2D eigenvalue weighted by molar-refractivity contribution is 7.24. The number of hydrogen-bond acceptors (Lipinski definition) is 14. The molecule has 0 fully saturated rings. The molecule has 0 spiro atoms. The summed E-state index contributed by atoms with van der Waals surface area (Å²) in [5.41, 5.74) is 22.1. The second kappa shape index (κ2) is 29.5. The van der Waals surface area contributed by atoms with Gasteiger partial charge >= 0.3 is 0 Å². The smallest absolute Gasteiger partial charge is 0.164 e. The summed E-state index contributed by atoms with van der Waals surface area (Å²) in [5.74, 6) is 3.82. The summed E-state index contributed by atoms with van der Waals surface area (Å²) in [6.45, 7) is 0. The minimum atomic E-state index is 0.622. The summed E-state index contributed by atoms with van der Waals surface area (Å²) in [6.07, 6.45) is 11.1. The molecule has 10 heterocycles. The van der Waals surface area contributed by atoms with Crippen molar-refractivity contribution in [1.82, 2.24) is 59.8 Å². The molecule has 0 unspecified atom stereocenters. The lowest BCUT2D eigenvalue weighted by Gasteiger charge is -2.11. The van der Waals surface area contributed by atoms with Crippen LogP contribution in [0.3, 0.4) is 0 Å². The average Bonchev–Trinajstić information content (AvgIpc) is 1.57. The SMILES string of the molecule is c1ccc(-c2nc(-c3ccccc3)nc(-c3ccc(-c4ccc(-c5nc6ccccc6c6sc(-c7ccncc7)c(-c7ccncc7)c56)cc4)cc3)n2)cc1.c1ccc(-c2nc(-c3ccccc3)nc(-c3cccc(-c4ccc(-c5nc6ccccc6c6sc(-c7ccccn7)c(-c7ccccn7)c56)cc4)c3)n2)cc1. The number of thiophene rings is 2. The van der Waals surface area contributed by atoms with Gasteiger partial charge in [-0.3, -0.25) is 19.9 Å². The Balaban J connectivity index is 0.000000149. The molecule has 10 aromatic heterocycles. The summed E-state index contributed by atoms with van der Waals surface area (Å²) < 4.78 is 2.38. The minimum absolute atomic E-state index is 0.622. The highest BCUT2D eigenvalue weighted by atomic mass is 32.1. The van der Waals surface area contributed by atoms with E-state index in [1.165, 1.54) is 14.3 Å². The van der Waals surface area contributed by atoms with E-state index in [1.54, 1.807) is 22.7 Å². The lowest BCUT2D eigenvalue weighted by Crippen LogP contribution is -2.00. The monoisotopic (exact) mass is 1440 g/mol. The Morgan fingerprint density at radius 3 is 0.982 bits per heavy atom. The van der Waals surface area contributed by atoms with Gasteiger partial charge in [-0.05, 0) is 100 Å². The predicted octanol–water partition coefficient (Wildman–Crippen LogP) is 24.2. The molecule has 110 heavy (non-hydrogen) atoms. The van der Waals surface area contributed by atoms with Crippen LogP contribution in [-0.4, -0.2) is 59.8 Å². The van der Waals surface area contributed by atoms with Crippen LogP contribution in [0, 0.1) is 0 Å². The van der Waals surface area contributed by atoms with Crippen LogP contribution in [0.15, 0.2) is 365 Å². The van der Waals surface area contributed by atoms with Crippen molar-refractivity contribution >= 4 is 64.7 Å². The molecular weight excluding hydrogens is 1390 g/mol. The number of fused-ring (bicyclic) bond motifs is 6. The molecular formula is C96H60N12S2. The highest BCUT2D eigenvalue weighted by Crippen LogP contribution is 2.52. The van der Waals surface area contributed by atoms with Crippen LogP contribution in [0.5, 0.6) is 0 Å². The molecule has 0 aliphatic carbocycles. The zero-order chi connectivity index (χ0) is 73.1. The lowest BCUT2D eigenvalue weighted by molar-refractivity contribution is 1.07. The normalized spacial score (nSPS) is 11.3. The topological polar surface area (TPSA) is 155 Å². The molecule has 0 saturated carbocycles. The van der Waals surface area contributed by atoms with Gasteiger partial charge in [0, 0.05) is 129 Å². The number of pyridine rings is 6. The van der Waals surface area contributed by atoms with Gasteiger partial charge < -0.3 is 0 Å². The predicted molar refractivity (Wildman–Crippen MR) is 448 cm³/mol. The molecule has 0 amide bonds. The molecule has 516 valence electrons. The molecule has 0 aliphatic heterocycles. The number of hydrogen-bond donors (Lipinski definition) is 0. The Bertz CT molecular complexity index is 6590. The Morgan fingerprint density at radius 2 is 0.536 bits per heavy atom. The van der Waals surface area contributed by atoms with Gasteiger partial charge in [0.05, 0.1) is 38.7 Å². The maximum atomic E-state index is 5.33. The van der Waals surface area contributed by atoms with Gasteiger partial charge in [-0.15, -0.1) is 22.7 Å². The minimum Gasteiger partial charge on any atom is -0.265 e. The molecule has 0 atom stereocenters. The van der Waals surface area contributed by atoms with Crippen LogP contribution in [0.4, 0.5) is 0 Å². The average molecular weight is 1450 g/mol.